The third kappa shape index (κ3) is 2.79. The van der Waals surface area contributed by atoms with E-state index < -0.39 is 0 Å². The minimum absolute atomic E-state index is 0.415. The Morgan fingerprint density at radius 1 is 1.57 bits per heavy atom. The van der Waals surface area contributed by atoms with Crippen LogP contribution in [0, 0.1) is 0 Å². The van der Waals surface area contributed by atoms with Gasteiger partial charge in [0.05, 0.1) is 0 Å². The average molecular weight is 193 g/mol. The van der Waals surface area contributed by atoms with E-state index in [2.05, 4.69) is 35.2 Å². The van der Waals surface area contributed by atoms with E-state index >= 15 is 0 Å². The van der Waals surface area contributed by atoms with Crippen molar-refractivity contribution < 1.29 is 0 Å². The van der Waals surface area contributed by atoms with Crippen molar-refractivity contribution in [2.75, 3.05) is 27.2 Å². The van der Waals surface area contributed by atoms with E-state index in [-0.39, 0.29) is 0 Å². The van der Waals surface area contributed by atoms with Crippen molar-refractivity contribution in [1.29, 1.82) is 0 Å². The van der Waals surface area contributed by atoms with Gasteiger partial charge in [-0.15, -0.1) is 0 Å². The molecule has 0 aliphatic heterocycles. The van der Waals surface area contributed by atoms with Gasteiger partial charge in [-0.1, -0.05) is 13.0 Å². The van der Waals surface area contributed by atoms with Crippen molar-refractivity contribution in [2.24, 2.45) is 0 Å². The molecule has 0 saturated carbocycles. The molecular formula is C11H19N3. The standard InChI is InChI=1S/C11H19N3/c1-4-14(3)11(9-12-2)10-6-5-7-13-8-10/h5-8,11-12H,4,9H2,1-3H3. The van der Waals surface area contributed by atoms with Crippen LogP contribution in [0.2, 0.25) is 0 Å². The smallest absolute Gasteiger partial charge is 0.0484 e. The summed E-state index contributed by atoms with van der Waals surface area (Å²) in [6, 6.07) is 4.53. The van der Waals surface area contributed by atoms with E-state index in [4.69, 9.17) is 0 Å². The maximum absolute atomic E-state index is 4.15. The molecule has 1 atom stereocenters. The fraction of sp³-hybridized carbons (Fsp3) is 0.545. The topological polar surface area (TPSA) is 28.2 Å². The Kier molecular flexibility index (Phi) is 4.56. The molecule has 1 heterocycles. The molecule has 0 aliphatic carbocycles. The number of pyridine rings is 1. The molecule has 1 unspecified atom stereocenters. The van der Waals surface area contributed by atoms with Crippen LogP contribution in [0.4, 0.5) is 0 Å². The van der Waals surface area contributed by atoms with Gasteiger partial charge in [0.1, 0.15) is 0 Å². The summed E-state index contributed by atoms with van der Waals surface area (Å²) in [6.45, 7) is 4.16. The lowest BCUT2D eigenvalue weighted by Crippen LogP contribution is -2.31. The first-order valence-corrected chi connectivity index (χ1v) is 5.04. The van der Waals surface area contributed by atoms with Gasteiger partial charge in [0.2, 0.25) is 0 Å². The van der Waals surface area contributed by atoms with Crippen LogP contribution in [-0.4, -0.2) is 37.1 Å². The number of hydrogen-bond donors (Lipinski definition) is 1. The van der Waals surface area contributed by atoms with Crippen LogP contribution in [0.15, 0.2) is 24.5 Å². The summed E-state index contributed by atoms with van der Waals surface area (Å²) in [4.78, 5) is 6.46. The van der Waals surface area contributed by atoms with Gasteiger partial charge in [-0.05, 0) is 32.3 Å². The van der Waals surface area contributed by atoms with E-state index in [1.165, 1.54) is 5.56 Å². The molecule has 0 aliphatic rings. The Morgan fingerprint density at radius 3 is 2.86 bits per heavy atom. The second-order valence-electron chi connectivity index (χ2n) is 3.43. The SMILES string of the molecule is CCN(C)C(CNC)c1cccnc1. The van der Waals surface area contributed by atoms with Crippen molar-refractivity contribution in [3.63, 3.8) is 0 Å². The lowest BCUT2D eigenvalue weighted by atomic mass is 10.1. The monoisotopic (exact) mass is 193 g/mol. The van der Waals surface area contributed by atoms with Crippen LogP contribution < -0.4 is 5.32 Å². The zero-order valence-electron chi connectivity index (χ0n) is 9.20. The maximum atomic E-state index is 4.15. The van der Waals surface area contributed by atoms with E-state index in [1.807, 2.05) is 25.5 Å². The van der Waals surface area contributed by atoms with Gasteiger partial charge in [-0.2, -0.15) is 0 Å². The molecular weight excluding hydrogens is 174 g/mol. The molecule has 3 nitrogen and oxygen atoms in total. The average Bonchev–Trinajstić information content (AvgIpc) is 2.26. The molecule has 78 valence electrons. The number of nitrogens with zero attached hydrogens (tertiary/aromatic N) is 2. The molecule has 3 heteroatoms. The molecule has 0 amide bonds. The summed E-state index contributed by atoms with van der Waals surface area (Å²) in [5.74, 6) is 0. The second-order valence-corrected chi connectivity index (χ2v) is 3.43. The molecule has 1 aromatic rings. The zero-order valence-corrected chi connectivity index (χ0v) is 9.20. The van der Waals surface area contributed by atoms with Crippen molar-refractivity contribution in [1.82, 2.24) is 15.2 Å². The Hall–Kier alpha value is -0.930. The number of nitrogens with one attached hydrogen (secondary N) is 1. The molecule has 0 bridgehead atoms. The molecule has 0 radical (unpaired) electrons. The molecule has 1 aromatic heterocycles. The third-order valence-corrected chi connectivity index (χ3v) is 2.50. The first-order valence-electron chi connectivity index (χ1n) is 5.04. The number of likely N-dealkylation sites (N-methyl/N-ethyl adjacent to an activating group) is 2. The minimum atomic E-state index is 0.415. The fourth-order valence-electron chi connectivity index (χ4n) is 1.51. The summed E-state index contributed by atoms with van der Waals surface area (Å²) in [5, 5.41) is 3.21. The maximum Gasteiger partial charge on any atom is 0.0484 e. The summed E-state index contributed by atoms with van der Waals surface area (Å²) >= 11 is 0. The largest absolute Gasteiger partial charge is 0.318 e. The zero-order chi connectivity index (χ0) is 10.4. The summed E-state index contributed by atoms with van der Waals surface area (Å²) in [7, 11) is 4.11. The molecule has 1 N–H and O–H groups in total. The van der Waals surface area contributed by atoms with E-state index in [0.717, 1.165) is 13.1 Å². The second kappa shape index (κ2) is 5.73. The quantitative estimate of drug-likeness (QED) is 0.764. The van der Waals surface area contributed by atoms with Crippen LogP contribution in [0.3, 0.4) is 0 Å². The minimum Gasteiger partial charge on any atom is -0.318 e. The van der Waals surface area contributed by atoms with Crippen LogP contribution >= 0.6 is 0 Å². The normalized spacial score (nSPS) is 13.1. The Labute approximate surface area is 86.2 Å². The van der Waals surface area contributed by atoms with Crippen molar-refractivity contribution in [2.45, 2.75) is 13.0 Å². The molecule has 1 rings (SSSR count). The predicted molar refractivity (Wildman–Crippen MR) is 59.2 cm³/mol. The Morgan fingerprint density at radius 2 is 2.36 bits per heavy atom. The van der Waals surface area contributed by atoms with E-state index in [9.17, 15) is 0 Å². The van der Waals surface area contributed by atoms with Crippen LogP contribution in [-0.2, 0) is 0 Å². The van der Waals surface area contributed by atoms with Crippen LogP contribution in [0.5, 0.6) is 0 Å². The predicted octanol–water partition coefficient (Wildman–Crippen LogP) is 1.29. The van der Waals surface area contributed by atoms with Crippen LogP contribution in [0.25, 0.3) is 0 Å². The van der Waals surface area contributed by atoms with Gasteiger partial charge < -0.3 is 5.32 Å². The van der Waals surface area contributed by atoms with Gasteiger partial charge in [0.25, 0.3) is 0 Å². The summed E-state index contributed by atoms with van der Waals surface area (Å²) in [6.07, 6.45) is 3.75. The lowest BCUT2D eigenvalue weighted by Gasteiger charge is -2.26. The van der Waals surface area contributed by atoms with Gasteiger partial charge in [-0.3, -0.25) is 9.88 Å². The van der Waals surface area contributed by atoms with E-state index in [0.29, 0.717) is 6.04 Å². The molecule has 0 saturated heterocycles. The van der Waals surface area contributed by atoms with Gasteiger partial charge in [0, 0.05) is 25.0 Å². The Bertz CT molecular complexity index is 248. The highest BCUT2D eigenvalue weighted by molar-refractivity contribution is 5.14. The third-order valence-electron chi connectivity index (χ3n) is 2.50. The van der Waals surface area contributed by atoms with E-state index in [1.54, 1.807) is 0 Å². The number of rotatable bonds is 5. The van der Waals surface area contributed by atoms with Gasteiger partial charge in [0.15, 0.2) is 0 Å². The molecule has 0 aromatic carbocycles. The summed E-state index contributed by atoms with van der Waals surface area (Å²) < 4.78 is 0. The van der Waals surface area contributed by atoms with Crippen molar-refractivity contribution in [3.05, 3.63) is 30.1 Å². The Balaban J connectivity index is 2.77. The molecule has 0 fully saturated rings. The molecule has 14 heavy (non-hydrogen) atoms. The highest BCUT2D eigenvalue weighted by Gasteiger charge is 2.14. The highest BCUT2D eigenvalue weighted by atomic mass is 15.1. The van der Waals surface area contributed by atoms with Gasteiger partial charge in [-0.25, -0.2) is 0 Å². The van der Waals surface area contributed by atoms with Crippen molar-refractivity contribution >= 4 is 0 Å². The first-order chi connectivity index (χ1) is 6.79. The fourth-order valence-corrected chi connectivity index (χ4v) is 1.51. The van der Waals surface area contributed by atoms with Crippen molar-refractivity contribution in [3.8, 4) is 0 Å². The summed E-state index contributed by atoms with van der Waals surface area (Å²) in [5.41, 5.74) is 1.27. The number of aromatic nitrogens is 1. The lowest BCUT2D eigenvalue weighted by molar-refractivity contribution is 0.253. The number of hydrogen-bond acceptors (Lipinski definition) is 3. The van der Waals surface area contributed by atoms with Crippen LogP contribution in [0.1, 0.15) is 18.5 Å². The van der Waals surface area contributed by atoms with Gasteiger partial charge >= 0.3 is 0 Å². The molecule has 0 spiro atoms. The highest BCUT2D eigenvalue weighted by Crippen LogP contribution is 2.16. The first kappa shape index (κ1) is 11.1.